The van der Waals surface area contributed by atoms with E-state index in [1.165, 1.54) is 11.1 Å². The second-order valence-corrected chi connectivity index (χ2v) is 4.34. The van der Waals surface area contributed by atoms with Gasteiger partial charge < -0.3 is 5.73 Å². The van der Waals surface area contributed by atoms with Crippen molar-refractivity contribution in [2.24, 2.45) is 11.7 Å². The third-order valence-electron chi connectivity index (χ3n) is 2.59. The molecular weight excluding hydrogens is 194 g/mol. The van der Waals surface area contributed by atoms with Crippen molar-refractivity contribution in [3.8, 4) is 0 Å². The average Bonchev–Trinajstić information content (AvgIpc) is 2.16. The Balaban J connectivity index is 3.13. The first-order valence-electron chi connectivity index (χ1n) is 5.10. The number of nitrogens with two attached hydrogens (primary N) is 1. The highest BCUT2D eigenvalue weighted by Crippen LogP contribution is 2.27. The number of hydrogen-bond donors (Lipinski definition) is 1. The molecule has 0 amide bonds. The van der Waals surface area contributed by atoms with Gasteiger partial charge in [-0.15, -0.1) is 0 Å². The minimum atomic E-state index is 0.0867. The Hall–Kier alpha value is -0.530. The van der Waals surface area contributed by atoms with Crippen molar-refractivity contribution in [2.75, 3.05) is 0 Å². The van der Waals surface area contributed by atoms with E-state index in [2.05, 4.69) is 26.8 Å². The highest BCUT2D eigenvalue weighted by atomic mass is 35.5. The van der Waals surface area contributed by atoms with Crippen LogP contribution in [-0.2, 0) is 6.42 Å². The predicted molar refractivity (Wildman–Crippen MR) is 62.6 cm³/mol. The van der Waals surface area contributed by atoms with E-state index in [0.717, 1.165) is 11.4 Å². The average molecular weight is 212 g/mol. The zero-order chi connectivity index (χ0) is 10.7. The first-order valence-corrected chi connectivity index (χ1v) is 5.48. The van der Waals surface area contributed by atoms with E-state index in [1.54, 1.807) is 0 Å². The minimum Gasteiger partial charge on any atom is -0.324 e. The maximum absolute atomic E-state index is 6.12. The first kappa shape index (κ1) is 11.5. The van der Waals surface area contributed by atoms with Crippen molar-refractivity contribution in [1.82, 2.24) is 0 Å². The number of halogens is 1. The minimum absolute atomic E-state index is 0.0867. The van der Waals surface area contributed by atoms with Gasteiger partial charge in [0, 0.05) is 11.1 Å². The van der Waals surface area contributed by atoms with E-state index in [1.807, 2.05) is 12.1 Å². The van der Waals surface area contributed by atoms with Crippen molar-refractivity contribution in [3.05, 3.63) is 34.3 Å². The molecule has 0 aliphatic heterocycles. The molecule has 0 radical (unpaired) electrons. The second-order valence-electron chi connectivity index (χ2n) is 3.93. The van der Waals surface area contributed by atoms with Crippen molar-refractivity contribution in [1.29, 1.82) is 0 Å². The van der Waals surface area contributed by atoms with Crippen molar-refractivity contribution < 1.29 is 0 Å². The lowest BCUT2D eigenvalue weighted by Gasteiger charge is -2.20. The predicted octanol–water partition coefficient (Wildman–Crippen LogP) is 3.56. The molecule has 0 bridgehead atoms. The van der Waals surface area contributed by atoms with Gasteiger partial charge in [0.15, 0.2) is 0 Å². The van der Waals surface area contributed by atoms with Gasteiger partial charge in [0.25, 0.3) is 0 Å². The largest absolute Gasteiger partial charge is 0.324 e. The lowest BCUT2D eigenvalue weighted by Crippen LogP contribution is -2.18. The third-order valence-corrected chi connectivity index (χ3v) is 2.94. The summed E-state index contributed by atoms with van der Waals surface area (Å²) in [6.07, 6.45) is 0.940. The van der Waals surface area contributed by atoms with Crippen LogP contribution in [0.2, 0.25) is 5.02 Å². The Labute approximate surface area is 91.3 Å². The maximum atomic E-state index is 6.12. The summed E-state index contributed by atoms with van der Waals surface area (Å²) in [6, 6.07) is 6.06. The monoisotopic (exact) mass is 211 g/mol. The van der Waals surface area contributed by atoms with Crippen LogP contribution >= 0.6 is 11.6 Å². The Morgan fingerprint density at radius 1 is 1.36 bits per heavy atom. The summed E-state index contributed by atoms with van der Waals surface area (Å²) in [5, 5.41) is 0.834. The van der Waals surface area contributed by atoms with Gasteiger partial charge in [-0.1, -0.05) is 44.5 Å². The number of rotatable bonds is 3. The van der Waals surface area contributed by atoms with Crippen LogP contribution in [0, 0.1) is 5.92 Å². The van der Waals surface area contributed by atoms with Crippen LogP contribution in [0.4, 0.5) is 0 Å². The van der Waals surface area contributed by atoms with E-state index in [0.29, 0.717) is 5.92 Å². The molecular formula is C12H18ClN. The van der Waals surface area contributed by atoms with E-state index >= 15 is 0 Å². The summed E-state index contributed by atoms with van der Waals surface area (Å²) in [4.78, 5) is 0. The summed E-state index contributed by atoms with van der Waals surface area (Å²) in [5.74, 6) is 0.443. The quantitative estimate of drug-likeness (QED) is 0.813. The molecule has 78 valence electrons. The van der Waals surface area contributed by atoms with Gasteiger partial charge in [-0.3, -0.25) is 0 Å². The normalized spacial score (nSPS) is 13.3. The molecule has 1 rings (SSSR count). The molecule has 14 heavy (non-hydrogen) atoms. The van der Waals surface area contributed by atoms with Crippen LogP contribution in [0.25, 0.3) is 0 Å². The fourth-order valence-electron chi connectivity index (χ4n) is 1.62. The molecule has 0 aliphatic carbocycles. The second kappa shape index (κ2) is 4.81. The highest BCUT2D eigenvalue weighted by molar-refractivity contribution is 6.31. The molecule has 2 N–H and O–H groups in total. The van der Waals surface area contributed by atoms with Crippen molar-refractivity contribution in [3.63, 3.8) is 0 Å². The fraction of sp³-hybridized carbons (Fsp3) is 0.500. The molecule has 1 unspecified atom stereocenters. The SMILES string of the molecule is CCc1c(Cl)cccc1C(N)C(C)C. The fourth-order valence-corrected chi connectivity index (χ4v) is 1.94. The van der Waals surface area contributed by atoms with Crippen LogP contribution < -0.4 is 5.73 Å². The van der Waals surface area contributed by atoms with Gasteiger partial charge in [-0.2, -0.15) is 0 Å². The van der Waals surface area contributed by atoms with Crippen molar-refractivity contribution >= 4 is 11.6 Å². The van der Waals surface area contributed by atoms with Crippen LogP contribution in [0.15, 0.2) is 18.2 Å². The first-order chi connectivity index (χ1) is 6.57. The zero-order valence-electron chi connectivity index (χ0n) is 9.05. The molecule has 1 aromatic rings. The number of benzene rings is 1. The molecule has 0 aliphatic rings. The summed E-state index contributed by atoms with van der Waals surface area (Å²) >= 11 is 6.12. The summed E-state index contributed by atoms with van der Waals surface area (Å²) in [6.45, 7) is 6.37. The molecule has 0 saturated heterocycles. The molecule has 0 spiro atoms. The molecule has 1 atom stereocenters. The Bertz CT molecular complexity index is 307. The Kier molecular flexibility index (Phi) is 3.97. The van der Waals surface area contributed by atoms with Gasteiger partial charge in [0.05, 0.1) is 0 Å². The van der Waals surface area contributed by atoms with Crippen LogP contribution in [0.5, 0.6) is 0 Å². The highest BCUT2D eigenvalue weighted by Gasteiger charge is 2.15. The van der Waals surface area contributed by atoms with Gasteiger partial charge in [0.2, 0.25) is 0 Å². The lowest BCUT2D eigenvalue weighted by molar-refractivity contribution is 0.511. The zero-order valence-corrected chi connectivity index (χ0v) is 9.81. The smallest absolute Gasteiger partial charge is 0.0441 e. The Morgan fingerprint density at radius 3 is 2.50 bits per heavy atom. The van der Waals surface area contributed by atoms with Crippen molar-refractivity contribution in [2.45, 2.75) is 33.2 Å². The molecule has 0 fully saturated rings. The third kappa shape index (κ3) is 2.28. The van der Waals surface area contributed by atoms with Gasteiger partial charge >= 0.3 is 0 Å². The topological polar surface area (TPSA) is 26.0 Å². The van der Waals surface area contributed by atoms with Gasteiger partial charge in [-0.25, -0.2) is 0 Å². The van der Waals surface area contributed by atoms with E-state index < -0.39 is 0 Å². The Morgan fingerprint density at radius 2 is 2.00 bits per heavy atom. The standard InChI is InChI=1S/C12H18ClN/c1-4-9-10(12(14)8(2)3)6-5-7-11(9)13/h5-8,12H,4,14H2,1-3H3. The molecule has 2 heteroatoms. The molecule has 0 heterocycles. The lowest BCUT2D eigenvalue weighted by atomic mass is 9.92. The van der Waals surface area contributed by atoms with Crippen LogP contribution in [0.1, 0.15) is 37.9 Å². The molecule has 1 aromatic carbocycles. The van der Waals surface area contributed by atoms with E-state index in [-0.39, 0.29) is 6.04 Å². The number of hydrogen-bond acceptors (Lipinski definition) is 1. The van der Waals surface area contributed by atoms with Crippen LogP contribution in [0.3, 0.4) is 0 Å². The molecule has 1 nitrogen and oxygen atoms in total. The van der Waals surface area contributed by atoms with Gasteiger partial charge in [0.1, 0.15) is 0 Å². The van der Waals surface area contributed by atoms with E-state index in [9.17, 15) is 0 Å². The maximum Gasteiger partial charge on any atom is 0.0441 e. The van der Waals surface area contributed by atoms with Crippen LogP contribution in [-0.4, -0.2) is 0 Å². The van der Waals surface area contributed by atoms with E-state index in [4.69, 9.17) is 17.3 Å². The van der Waals surface area contributed by atoms with Gasteiger partial charge in [-0.05, 0) is 29.5 Å². The molecule has 0 saturated carbocycles. The summed E-state index contributed by atoms with van der Waals surface area (Å²) < 4.78 is 0. The summed E-state index contributed by atoms with van der Waals surface area (Å²) in [5.41, 5.74) is 8.50. The summed E-state index contributed by atoms with van der Waals surface area (Å²) in [7, 11) is 0. The molecule has 0 aromatic heterocycles.